The normalized spacial score (nSPS) is 21.9. The molecule has 3 rings (SSSR count). The van der Waals surface area contributed by atoms with E-state index < -0.39 is 38.6 Å². The molecule has 29 heavy (non-hydrogen) atoms. The Kier molecular flexibility index (Phi) is 7.99. The van der Waals surface area contributed by atoms with E-state index in [1.165, 1.54) is 0 Å². The van der Waals surface area contributed by atoms with Crippen molar-refractivity contribution in [3.8, 4) is 0 Å². The van der Waals surface area contributed by atoms with Crippen molar-refractivity contribution in [2.75, 3.05) is 0 Å². The second kappa shape index (κ2) is 9.19. The SMILES string of the molecule is O=S(=O)([N-]C1CC(Cc2ccc(Cl)cc2)(c2cc(F)ccc2F)C1)C(F)(F)F.[K+]. The van der Waals surface area contributed by atoms with Gasteiger partial charge in [0, 0.05) is 5.02 Å². The van der Waals surface area contributed by atoms with Gasteiger partial charge in [-0.3, -0.25) is 0 Å². The van der Waals surface area contributed by atoms with Crippen LogP contribution in [-0.2, 0) is 21.9 Å². The number of hydrogen-bond donors (Lipinski definition) is 0. The number of benzene rings is 2. The van der Waals surface area contributed by atoms with E-state index in [-0.39, 0.29) is 76.2 Å². The fourth-order valence-electron chi connectivity index (χ4n) is 3.53. The van der Waals surface area contributed by atoms with E-state index in [2.05, 4.69) is 4.72 Å². The van der Waals surface area contributed by atoms with Gasteiger partial charge in [0.1, 0.15) is 11.6 Å². The maximum Gasteiger partial charge on any atom is 1.00 e. The zero-order chi connectivity index (χ0) is 20.7. The molecule has 0 heterocycles. The molecule has 0 unspecified atom stereocenters. The number of rotatable bonds is 5. The molecular formula is C18H14ClF5KNO2S. The summed E-state index contributed by atoms with van der Waals surface area (Å²) in [6.07, 6.45) is -0.154. The van der Waals surface area contributed by atoms with E-state index in [1.54, 1.807) is 24.3 Å². The molecule has 0 spiro atoms. The van der Waals surface area contributed by atoms with Crippen molar-refractivity contribution in [3.05, 3.63) is 75.0 Å². The molecule has 1 fully saturated rings. The summed E-state index contributed by atoms with van der Waals surface area (Å²) in [5.41, 5.74) is -5.88. The molecule has 0 radical (unpaired) electrons. The van der Waals surface area contributed by atoms with Crippen LogP contribution in [0.5, 0.6) is 0 Å². The Balaban J connectivity index is 0.00000300. The van der Waals surface area contributed by atoms with Crippen LogP contribution in [0.3, 0.4) is 0 Å². The number of hydrogen-bond acceptors (Lipinski definition) is 2. The van der Waals surface area contributed by atoms with Crippen LogP contribution in [0.1, 0.15) is 24.0 Å². The van der Waals surface area contributed by atoms with Gasteiger partial charge in [0.2, 0.25) is 0 Å². The van der Waals surface area contributed by atoms with Crippen LogP contribution in [-0.4, -0.2) is 20.0 Å². The molecule has 1 aliphatic carbocycles. The first kappa shape index (κ1) is 25.2. The third-order valence-electron chi connectivity index (χ3n) is 4.79. The monoisotopic (exact) mass is 477 g/mol. The average molecular weight is 478 g/mol. The smallest absolute Gasteiger partial charge is 0.538 e. The fourth-order valence-corrected chi connectivity index (χ4v) is 4.32. The van der Waals surface area contributed by atoms with Gasteiger partial charge in [-0.15, -0.1) is 6.04 Å². The summed E-state index contributed by atoms with van der Waals surface area (Å²) in [6.45, 7) is 0. The predicted octanol–water partition coefficient (Wildman–Crippen LogP) is 2.49. The van der Waals surface area contributed by atoms with E-state index in [0.29, 0.717) is 10.6 Å². The van der Waals surface area contributed by atoms with Crippen LogP contribution in [0.25, 0.3) is 4.72 Å². The first-order chi connectivity index (χ1) is 12.9. The maximum absolute atomic E-state index is 14.4. The minimum atomic E-state index is -5.65. The molecule has 0 N–H and O–H groups in total. The molecule has 2 aromatic carbocycles. The van der Waals surface area contributed by atoms with E-state index in [0.717, 1.165) is 18.2 Å². The summed E-state index contributed by atoms with van der Waals surface area (Å²) in [6, 6.07) is 8.22. The number of halogens is 6. The molecule has 2 aromatic rings. The molecule has 0 atom stereocenters. The molecule has 1 saturated carbocycles. The number of nitrogens with zero attached hydrogens (tertiary/aromatic N) is 1. The molecule has 0 bridgehead atoms. The molecule has 0 aromatic heterocycles. The van der Waals surface area contributed by atoms with E-state index >= 15 is 0 Å². The van der Waals surface area contributed by atoms with E-state index in [1.807, 2.05) is 0 Å². The molecule has 1 aliphatic rings. The van der Waals surface area contributed by atoms with E-state index in [9.17, 15) is 30.4 Å². The van der Waals surface area contributed by atoms with Crippen LogP contribution >= 0.6 is 11.6 Å². The van der Waals surface area contributed by atoms with Crippen LogP contribution in [0.15, 0.2) is 42.5 Å². The molecular weight excluding hydrogens is 464 g/mol. The Labute approximate surface area is 212 Å². The Bertz CT molecular complexity index is 977. The zero-order valence-electron chi connectivity index (χ0n) is 15.2. The standard InChI is InChI=1S/C18H14ClF5NO2S.K/c19-12-3-1-11(2-4-12)8-17(15-7-13(20)5-6-16(15)21)9-14(10-17)25-28(26,27)18(22,23)24;/h1-7,14H,8-10H2;/q-1;+1. The van der Waals surface area contributed by atoms with Gasteiger partial charge in [-0.05, 0) is 53.3 Å². The summed E-state index contributed by atoms with van der Waals surface area (Å²) in [5.74, 6) is -1.41. The number of alkyl halides is 3. The van der Waals surface area contributed by atoms with E-state index in [4.69, 9.17) is 11.6 Å². The van der Waals surface area contributed by atoms with Gasteiger partial charge in [-0.1, -0.05) is 36.6 Å². The minimum Gasteiger partial charge on any atom is -0.538 e. The third kappa shape index (κ3) is 5.59. The summed E-state index contributed by atoms with van der Waals surface area (Å²) in [4.78, 5) is 0. The van der Waals surface area contributed by atoms with Crippen LogP contribution in [0, 0.1) is 11.6 Å². The topological polar surface area (TPSA) is 48.2 Å². The molecule has 3 nitrogen and oxygen atoms in total. The summed E-state index contributed by atoms with van der Waals surface area (Å²) >= 11 is 5.83. The predicted molar refractivity (Wildman–Crippen MR) is 94.5 cm³/mol. The Morgan fingerprint density at radius 1 is 1.07 bits per heavy atom. The first-order valence-electron chi connectivity index (χ1n) is 8.15. The van der Waals surface area contributed by atoms with Gasteiger partial charge < -0.3 is 4.72 Å². The van der Waals surface area contributed by atoms with Crippen LogP contribution in [0.2, 0.25) is 5.02 Å². The van der Waals surface area contributed by atoms with Crippen molar-refractivity contribution in [3.63, 3.8) is 0 Å². The fraction of sp³-hybridized carbons (Fsp3) is 0.333. The van der Waals surface area contributed by atoms with Gasteiger partial charge in [0.25, 0.3) is 0 Å². The summed E-state index contributed by atoms with van der Waals surface area (Å²) < 4.78 is 91.3. The van der Waals surface area contributed by atoms with Crippen molar-refractivity contribution in [1.29, 1.82) is 0 Å². The third-order valence-corrected chi connectivity index (χ3v) is 6.20. The Hall–Kier alpha value is -0.0736. The molecule has 11 heteroatoms. The first-order valence-corrected chi connectivity index (χ1v) is 9.97. The molecule has 0 amide bonds. The Morgan fingerprint density at radius 2 is 1.66 bits per heavy atom. The van der Waals surface area contributed by atoms with Crippen molar-refractivity contribution >= 4 is 21.6 Å². The van der Waals surface area contributed by atoms with Crippen molar-refractivity contribution in [2.45, 2.75) is 36.2 Å². The van der Waals surface area contributed by atoms with Crippen LogP contribution in [0.4, 0.5) is 22.0 Å². The van der Waals surface area contributed by atoms with Gasteiger partial charge >= 0.3 is 56.9 Å². The quantitative estimate of drug-likeness (QED) is 0.491. The van der Waals surface area contributed by atoms with Gasteiger partial charge in [-0.2, -0.15) is 13.2 Å². The van der Waals surface area contributed by atoms with Crippen molar-refractivity contribution < 1.29 is 81.8 Å². The van der Waals surface area contributed by atoms with Gasteiger partial charge in [0.15, 0.2) is 10.0 Å². The molecule has 0 saturated heterocycles. The summed E-state index contributed by atoms with van der Waals surface area (Å²) in [5, 5.41) is 0.465. The second-order valence-corrected chi connectivity index (χ2v) is 8.86. The molecule has 0 aliphatic heterocycles. The second-order valence-electron chi connectivity index (χ2n) is 6.80. The molecule has 152 valence electrons. The van der Waals surface area contributed by atoms with Gasteiger partial charge in [-0.25, -0.2) is 17.2 Å². The number of sulfonamides is 1. The summed E-state index contributed by atoms with van der Waals surface area (Å²) in [7, 11) is -5.65. The van der Waals surface area contributed by atoms with Crippen molar-refractivity contribution in [1.82, 2.24) is 0 Å². The zero-order valence-corrected chi connectivity index (χ0v) is 19.9. The maximum atomic E-state index is 14.4. The van der Waals surface area contributed by atoms with Crippen LogP contribution < -0.4 is 51.4 Å². The Morgan fingerprint density at radius 3 is 2.21 bits per heavy atom. The average Bonchev–Trinajstić information content (AvgIpc) is 2.55. The van der Waals surface area contributed by atoms with Gasteiger partial charge in [0.05, 0.1) is 0 Å². The largest absolute Gasteiger partial charge is 1.00 e. The minimum absolute atomic E-state index is 0. The van der Waals surface area contributed by atoms with Crippen molar-refractivity contribution in [2.24, 2.45) is 0 Å².